The van der Waals surface area contributed by atoms with Crippen LogP contribution in [0.2, 0.25) is 0 Å². The Morgan fingerprint density at radius 2 is 1.71 bits per heavy atom. The van der Waals surface area contributed by atoms with E-state index < -0.39 is 0 Å². The smallest absolute Gasteiger partial charge is 0.0411 e. The molecule has 2 atom stereocenters. The van der Waals surface area contributed by atoms with Gasteiger partial charge in [0.05, 0.1) is 0 Å². The molecule has 2 unspecified atom stereocenters. The number of hydrogen-bond donors (Lipinski definition) is 1. The normalized spacial score (nSPS) is 14.4. The standard InChI is InChI=1S/C19H33NS/c1-6-12-20-19(14-21-16(5)7-2)18-10-8-17(9-11-18)13-15(3)4/h8-11,15-16,19-20H,6-7,12-14H2,1-5H3. The largest absolute Gasteiger partial charge is 0.309 e. The van der Waals surface area contributed by atoms with Gasteiger partial charge in [0.15, 0.2) is 0 Å². The fourth-order valence-corrected chi connectivity index (χ4v) is 3.39. The number of hydrogen-bond acceptors (Lipinski definition) is 2. The Balaban J connectivity index is 2.67. The lowest BCUT2D eigenvalue weighted by atomic mass is 10.00. The minimum atomic E-state index is 0.483. The van der Waals surface area contributed by atoms with Crippen LogP contribution in [0.1, 0.15) is 64.6 Å². The zero-order valence-electron chi connectivity index (χ0n) is 14.5. The fraction of sp³-hybridized carbons (Fsp3) is 0.684. The molecule has 0 aliphatic rings. The van der Waals surface area contributed by atoms with Crippen molar-refractivity contribution in [1.82, 2.24) is 5.32 Å². The summed E-state index contributed by atoms with van der Waals surface area (Å²) in [5, 5.41) is 4.45. The van der Waals surface area contributed by atoms with Crippen LogP contribution < -0.4 is 5.32 Å². The highest BCUT2D eigenvalue weighted by Crippen LogP contribution is 2.23. The zero-order chi connectivity index (χ0) is 15.7. The third kappa shape index (κ3) is 7.37. The summed E-state index contributed by atoms with van der Waals surface area (Å²) < 4.78 is 0. The summed E-state index contributed by atoms with van der Waals surface area (Å²) in [7, 11) is 0. The lowest BCUT2D eigenvalue weighted by Gasteiger charge is -2.21. The molecule has 120 valence electrons. The molecule has 0 bridgehead atoms. The van der Waals surface area contributed by atoms with E-state index in [1.165, 1.54) is 36.1 Å². The number of benzene rings is 1. The van der Waals surface area contributed by atoms with Crippen molar-refractivity contribution < 1.29 is 0 Å². The highest BCUT2D eigenvalue weighted by Gasteiger charge is 2.12. The van der Waals surface area contributed by atoms with Crippen molar-refractivity contribution in [3.8, 4) is 0 Å². The molecule has 0 aliphatic carbocycles. The van der Waals surface area contributed by atoms with Crippen molar-refractivity contribution in [2.45, 2.75) is 65.2 Å². The SMILES string of the molecule is CCCNC(CSC(C)CC)c1ccc(CC(C)C)cc1. The van der Waals surface area contributed by atoms with Crippen molar-refractivity contribution in [3.63, 3.8) is 0 Å². The van der Waals surface area contributed by atoms with Gasteiger partial charge < -0.3 is 5.32 Å². The summed E-state index contributed by atoms with van der Waals surface area (Å²) >= 11 is 2.08. The van der Waals surface area contributed by atoms with Gasteiger partial charge in [-0.1, -0.05) is 58.9 Å². The van der Waals surface area contributed by atoms with E-state index in [1.54, 1.807) is 0 Å². The molecule has 0 amide bonds. The third-order valence-corrected chi connectivity index (χ3v) is 5.22. The molecular formula is C19H33NS. The first kappa shape index (κ1) is 18.6. The van der Waals surface area contributed by atoms with Gasteiger partial charge in [0.2, 0.25) is 0 Å². The summed E-state index contributed by atoms with van der Waals surface area (Å²) in [6.07, 6.45) is 3.61. The average molecular weight is 308 g/mol. The van der Waals surface area contributed by atoms with Gasteiger partial charge >= 0.3 is 0 Å². The number of nitrogens with one attached hydrogen (secondary N) is 1. The molecule has 1 nitrogen and oxygen atoms in total. The Hall–Kier alpha value is -0.470. The highest BCUT2D eigenvalue weighted by atomic mass is 32.2. The molecule has 0 saturated heterocycles. The molecule has 1 aromatic carbocycles. The first-order valence-electron chi connectivity index (χ1n) is 8.50. The van der Waals surface area contributed by atoms with Crippen molar-refractivity contribution in [1.29, 1.82) is 0 Å². The Bertz CT molecular complexity index is 372. The molecule has 1 N–H and O–H groups in total. The van der Waals surface area contributed by atoms with Crippen LogP contribution in [0.5, 0.6) is 0 Å². The lowest BCUT2D eigenvalue weighted by Crippen LogP contribution is -2.24. The summed E-state index contributed by atoms with van der Waals surface area (Å²) in [5.41, 5.74) is 2.89. The van der Waals surface area contributed by atoms with Gasteiger partial charge in [0.1, 0.15) is 0 Å². The second-order valence-electron chi connectivity index (χ2n) is 6.40. The average Bonchev–Trinajstić information content (AvgIpc) is 2.47. The van der Waals surface area contributed by atoms with E-state index in [0.29, 0.717) is 6.04 Å². The molecule has 0 spiro atoms. The van der Waals surface area contributed by atoms with Crippen molar-refractivity contribution >= 4 is 11.8 Å². The van der Waals surface area contributed by atoms with Crippen LogP contribution in [0.15, 0.2) is 24.3 Å². The van der Waals surface area contributed by atoms with Gasteiger partial charge in [-0.2, -0.15) is 11.8 Å². The zero-order valence-corrected chi connectivity index (χ0v) is 15.3. The van der Waals surface area contributed by atoms with Crippen LogP contribution >= 0.6 is 11.8 Å². The van der Waals surface area contributed by atoms with E-state index in [-0.39, 0.29) is 0 Å². The molecule has 2 heteroatoms. The summed E-state index contributed by atoms with van der Waals surface area (Å²) in [5.74, 6) is 1.89. The molecule has 0 aliphatic heterocycles. The Kier molecular flexibility index (Phi) is 9.10. The van der Waals surface area contributed by atoms with Gasteiger partial charge in [-0.25, -0.2) is 0 Å². The Morgan fingerprint density at radius 1 is 1.05 bits per heavy atom. The maximum atomic E-state index is 3.70. The van der Waals surface area contributed by atoms with E-state index in [0.717, 1.165) is 17.7 Å². The molecule has 0 radical (unpaired) electrons. The fourth-order valence-electron chi connectivity index (χ4n) is 2.33. The molecule has 21 heavy (non-hydrogen) atoms. The van der Waals surface area contributed by atoms with Gasteiger partial charge in [0, 0.05) is 17.0 Å². The monoisotopic (exact) mass is 307 g/mol. The highest BCUT2D eigenvalue weighted by molar-refractivity contribution is 7.99. The van der Waals surface area contributed by atoms with Crippen molar-refractivity contribution in [2.24, 2.45) is 5.92 Å². The summed E-state index contributed by atoms with van der Waals surface area (Å²) in [6, 6.07) is 9.75. The second kappa shape index (κ2) is 10.3. The molecule has 1 aromatic rings. The molecule has 1 rings (SSSR count). The minimum Gasteiger partial charge on any atom is -0.309 e. The summed E-state index contributed by atoms with van der Waals surface area (Å²) in [4.78, 5) is 0. The first-order chi connectivity index (χ1) is 10.1. The van der Waals surface area contributed by atoms with E-state index in [1.807, 2.05) is 0 Å². The lowest BCUT2D eigenvalue weighted by molar-refractivity contribution is 0.576. The minimum absolute atomic E-state index is 0.483. The van der Waals surface area contributed by atoms with Gasteiger partial charge in [-0.3, -0.25) is 0 Å². The predicted octanol–water partition coefficient (Wildman–Crippen LogP) is 5.46. The van der Waals surface area contributed by atoms with Crippen LogP contribution in [0.25, 0.3) is 0 Å². The second-order valence-corrected chi connectivity index (χ2v) is 7.87. The van der Waals surface area contributed by atoms with Crippen LogP contribution in [-0.2, 0) is 6.42 Å². The molecule has 0 saturated carbocycles. The van der Waals surface area contributed by atoms with Crippen LogP contribution in [0, 0.1) is 5.92 Å². The van der Waals surface area contributed by atoms with Crippen LogP contribution in [0.4, 0.5) is 0 Å². The van der Waals surface area contributed by atoms with Gasteiger partial charge in [-0.05, 0) is 42.9 Å². The van der Waals surface area contributed by atoms with Gasteiger partial charge in [0.25, 0.3) is 0 Å². The van der Waals surface area contributed by atoms with Crippen molar-refractivity contribution in [2.75, 3.05) is 12.3 Å². The van der Waals surface area contributed by atoms with Crippen LogP contribution in [-0.4, -0.2) is 17.5 Å². The topological polar surface area (TPSA) is 12.0 Å². The Labute approximate surface area is 136 Å². The maximum Gasteiger partial charge on any atom is 0.0411 e. The summed E-state index contributed by atoms with van der Waals surface area (Å²) in [6.45, 7) is 12.5. The van der Waals surface area contributed by atoms with Gasteiger partial charge in [-0.15, -0.1) is 0 Å². The number of thioether (sulfide) groups is 1. The maximum absolute atomic E-state index is 3.70. The van der Waals surface area contributed by atoms with E-state index in [2.05, 4.69) is 76.0 Å². The molecular weight excluding hydrogens is 274 g/mol. The first-order valence-corrected chi connectivity index (χ1v) is 9.55. The third-order valence-electron chi connectivity index (χ3n) is 3.79. The molecule has 0 aromatic heterocycles. The molecule has 0 heterocycles. The van der Waals surface area contributed by atoms with E-state index in [9.17, 15) is 0 Å². The molecule has 0 fully saturated rings. The predicted molar refractivity (Wildman–Crippen MR) is 98.2 cm³/mol. The van der Waals surface area contributed by atoms with Crippen LogP contribution in [0.3, 0.4) is 0 Å². The van der Waals surface area contributed by atoms with E-state index >= 15 is 0 Å². The Morgan fingerprint density at radius 3 is 2.24 bits per heavy atom. The van der Waals surface area contributed by atoms with Crippen molar-refractivity contribution in [3.05, 3.63) is 35.4 Å². The quantitative estimate of drug-likeness (QED) is 0.616. The van der Waals surface area contributed by atoms with E-state index in [4.69, 9.17) is 0 Å². The number of rotatable bonds is 10.